The van der Waals surface area contributed by atoms with Crippen LogP contribution in [0.25, 0.3) is 0 Å². The zero-order valence-electron chi connectivity index (χ0n) is 8.04. The van der Waals surface area contributed by atoms with Crippen LogP contribution in [0, 0.1) is 17.5 Å². The molecule has 0 unspecified atom stereocenters. The standard InChI is InChI=1S/C8H4F3N5O/c9-4-1-3(2-5(10)6(4)11)12-8(17)7-13-15-16-14-7/h1-2H,(H,12,17)(H,13,14,15,16). The van der Waals surface area contributed by atoms with E-state index in [0.717, 1.165) is 0 Å². The van der Waals surface area contributed by atoms with Crippen molar-refractivity contribution in [2.75, 3.05) is 5.32 Å². The number of nitrogens with zero attached hydrogens (tertiary/aromatic N) is 3. The van der Waals surface area contributed by atoms with Gasteiger partial charge in [-0.3, -0.25) is 4.79 Å². The molecule has 2 aromatic rings. The monoisotopic (exact) mass is 243 g/mol. The van der Waals surface area contributed by atoms with Crippen LogP contribution in [-0.2, 0) is 0 Å². The normalized spacial score (nSPS) is 10.3. The molecule has 1 aromatic heterocycles. The number of H-pyrrole nitrogens is 1. The fraction of sp³-hybridized carbons (Fsp3) is 0. The van der Waals surface area contributed by atoms with Gasteiger partial charge in [-0.15, -0.1) is 10.2 Å². The van der Waals surface area contributed by atoms with Crippen LogP contribution in [0.2, 0.25) is 0 Å². The lowest BCUT2D eigenvalue weighted by molar-refractivity contribution is 0.101. The molecule has 0 atom stereocenters. The van der Waals surface area contributed by atoms with Crippen LogP contribution in [0.15, 0.2) is 12.1 Å². The Kier molecular flexibility index (Phi) is 2.73. The molecule has 0 radical (unpaired) electrons. The third kappa shape index (κ3) is 2.22. The number of tetrazole rings is 1. The summed E-state index contributed by atoms with van der Waals surface area (Å²) in [7, 11) is 0. The number of carbonyl (C=O) groups is 1. The van der Waals surface area contributed by atoms with E-state index < -0.39 is 23.4 Å². The van der Waals surface area contributed by atoms with Gasteiger partial charge in [0.05, 0.1) is 0 Å². The average molecular weight is 243 g/mol. The number of carbonyl (C=O) groups excluding carboxylic acids is 1. The van der Waals surface area contributed by atoms with Gasteiger partial charge in [0.2, 0.25) is 0 Å². The molecule has 2 N–H and O–H groups in total. The predicted molar refractivity (Wildman–Crippen MR) is 48.4 cm³/mol. The van der Waals surface area contributed by atoms with Gasteiger partial charge in [-0.2, -0.15) is 5.21 Å². The van der Waals surface area contributed by atoms with Crippen LogP contribution in [0.3, 0.4) is 0 Å². The quantitative estimate of drug-likeness (QED) is 0.766. The van der Waals surface area contributed by atoms with Gasteiger partial charge < -0.3 is 5.32 Å². The fourth-order valence-electron chi connectivity index (χ4n) is 1.07. The highest BCUT2D eigenvalue weighted by molar-refractivity contribution is 6.01. The Hall–Kier alpha value is -2.45. The van der Waals surface area contributed by atoms with Crippen molar-refractivity contribution in [2.24, 2.45) is 0 Å². The van der Waals surface area contributed by atoms with E-state index in [1.165, 1.54) is 0 Å². The fourth-order valence-corrected chi connectivity index (χ4v) is 1.07. The van der Waals surface area contributed by atoms with E-state index in [1.807, 2.05) is 5.21 Å². The predicted octanol–water partition coefficient (Wildman–Crippen LogP) is 0.869. The van der Waals surface area contributed by atoms with Crippen molar-refractivity contribution in [3.05, 3.63) is 35.4 Å². The second-order valence-electron chi connectivity index (χ2n) is 2.94. The molecular weight excluding hydrogens is 239 g/mol. The molecule has 17 heavy (non-hydrogen) atoms. The van der Waals surface area contributed by atoms with Gasteiger partial charge >= 0.3 is 0 Å². The number of nitrogens with one attached hydrogen (secondary N) is 2. The smallest absolute Gasteiger partial charge is 0.297 e. The lowest BCUT2D eigenvalue weighted by atomic mass is 10.3. The van der Waals surface area contributed by atoms with E-state index in [2.05, 4.69) is 20.7 Å². The van der Waals surface area contributed by atoms with Gasteiger partial charge in [0.25, 0.3) is 11.7 Å². The molecule has 0 spiro atoms. The maximum absolute atomic E-state index is 12.8. The maximum atomic E-state index is 12.8. The second kappa shape index (κ2) is 4.20. The van der Waals surface area contributed by atoms with Crippen LogP contribution in [0.5, 0.6) is 0 Å². The second-order valence-corrected chi connectivity index (χ2v) is 2.94. The summed E-state index contributed by atoms with van der Waals surface area (Å²) in [5.74, 6) is -5.57. The lowest BCUT2D eigenvalue weighted by Crippen LogP contribution is -2.14. The minimum absolute atomic E-state index is 0.254. The topological polar surface area (TPSA) is 83.6 Å². The van der Waals surface area contributed by atoms with Gasteiger partial charge in [-0.1, -0.05) is 0 Å². The molecule has 88 valence electrons. The van der Waals surface area contributed by atoms with E-state index in [0.29, 0.717) is 12.1 Å². The highest BCUT2D eigenvalue weighted by Crippen LogP contribution is 2.17. The van der Waals surface area contributed by atoms with Crippen LogP contribution < -0.4 is 5.32 Å². The molecule has 0 bridgehead atoms. The van der Waals surface area contributed by atoms with Crippen molar-refractivity contribution >= 4 is 11.6 Å². The summed E-state index contributed by atoms with van der Waals surface area (Å²) in [5.41, 5.74) is -0.254. The number of hydrogen-bond acceptors (Lipinski definition) is 4. The van der Waals surface area contributed by atoms with Gasteiger partial charge in [0.15, 0.2) is 17.5 Å². The Balaban J connectivity index is 2.22. The molecular formula is C8H4F3N5O. The molecule has 6 nitrogen and oxygen atoms in total. The summed E-state index contributed by atoms with van der Waals surface area (Å²) in [6.07, 6.45) is 0. The summed E-state index contributed by atoms with van der Waals surface area (Å²) < 4.78 is 38.3. The van der Waals surface area contributed by atoms with Gasteiger partial charge in [0, 0.05) is 17.8 Å². The molecule has 0 fully saturated rings. The number of benzene rings is 1. The van der Waals surface area contributed by atoms with Crippen molar-refractivity contribution < 1.29 is 18.0 Å². The van der Waals surface area contributed by atoms with Crippen molar-refractivity contribution in [2.45, 2.75) is 0 Å². The van der Waals surface area contributed by atoms with E-state index in [1.54, 1.807) is 0 Å². The minimum atomic E-state index is -1.61. The highest BCUT2D eigenvalue weighted by Gasteiger charge is 2.15. The van der Waals surface area contributed by atoms with Crippen molar-refractivity contribution in [3.8, 4) is 0 Å². The van der Waals surface area contributed by atoms with Crippen molar-refractivity contribution in [3.63, 3.8) is 0 Å². The Bertz CT molecular complexity index is 533. The maximum Gasteiger partial charge on any atom is 0.297 e. The van der Waals surface area contributed by atoms with Gasteiger partial charge in [-0.25, -0.2) is 13.2 Å². The van der Waals surface area contributed by atoms with Crippen molar-refractivity contribution in [1.29, 1.82) is 0 Å². The molecule has 2 rings (SSSR count). The van der Waals surface area contributed by atoms with Gasteiger partial charge in [0.1, 0.15) is 0 Å². The first-order chi connectivity index (χ1) is 8.08. The van der Waals surface area contributed by atoms with E-state index >= 15 is 0 Å². The minimum Gasteiger partial charge on any atom is -0.319 e. The zero-order chi connectivity index (χ0) is 12.4. The number of rotatable bonds is 2. The first kappa shape index (κ1) is 11.0. The summed E-state index contributed by atoms with van der Waals surface area (Å²) in [6, 6.07) is 1.27. The number of aromatic nitrogens is 4. The molecule has 0 aliphatic rings. The summed E-state index contributed by atoms with van der Waals surface area (Å²) in [6.45, 7) is 0. The molecule has 1 aromatic carbocycles. The van der Waals surface area contributed by atoms with Gasteiger partial charge in [-0.05, 0) is 5.21 Å². The summed E-state index contributed by atoms with van der Waals surface area (Å²) in [5, 5.41) is 13.9. The molecule has 0 aliphatic heterocycles. The third-order valence-corrected chi connectivity index (χ3v) is 1.79. The molecule has 1 heterocycles. The SMILES string of the molecule is O=C(Nc1cc(F)c(F)c(F)c1)c1nn[nH]n1. The molecule has 0 aliphatic carbocycles. The first-order valence-corrected chi connectivity index (χ1v) is 4.27. The van der Waals surface area contributed by atoms with E-state index in [4.69, 9.17) is 0 Å². The molecule has 0 saturated heterocycles. The number of hydrogen-bond donors (Lipinski definition) is 2. The molecule has 0 saturated carbocycles. The number of anilines is 1. The van der Waals surface area contributed by atoms with Crippen LogP contribution in [0.1, 0.15) is 10.6 Å². The number of aromatic amines is 1. The van der Waals surface area contributed by atoms with Crippen LogP contribution in [0.4, 0.5) is 18.9 Å². The number of amides is 1. The van der Waals surface area contributed by atoms with Crippen LogP contribution in [-0.4, -0.2) is 26.5 Å². The zero-order valence-corrected chi connectivity index (χ0v) is 8.04. The van der Waals surface area contributed by atoms with E-state index in [-0.39, 0.29) is 11.5 Å². The first-order valence-electron chi connectivity index (χ1n) is 4.27. The largest absolute Gasteiger partial charge is 0.319 e. The summed E-state index contributed by atoms with van der Waals surface area (Å²) in [4.78, 5) is 11.3. The third-order valence-electron chi connectivity index (χ3n) is 1.79. The van der Waals surface area contributed by atoms with Crippen molar-refractivity contribution in [1.82, 2.24) is 20.6 Å². The molecule has 1 amide bonds. The Morgan fingerprint density at radius 1 is 1.24 bits per heavy atom. The molecule has 9 heteroatoms. The Morgan fingerprint density at radius 2 is 1.88 bits per heavy atom. The lowest BCUT2D eigenvalue weighted by Gasteiger charge is -2.03. The number of halogens is 3. The summed E-state index contributed by atoms with van der Waals surface area (Å²) >= 11 is 0. The van der Waals surface area contributed by atoms with E-state index in [9.17, 15) is 18.0 Å². The van der Waals surface area contributed by atoms with Crippen LogP contribution >= 0.6 is 0 Å². The average Bonchev–Trinajstić information content (AvgIpc) is 2.79. The Labute approximate surface area is 91.8 Å². The highest BCUT2D eigenvalue weighted by atomic mass is 19.2. The Morgan fingerprint density at radius 3 is 2.41 bits per heavy atom.